The molecule has 0 heterocycles. The fourth-order valence-electron chi connectivity index (χ4n) is 1.89. The Balaban J connectivity index is 1.93. The first-order valence-corrected chi connectivity index (χ1v) is 5.29. The Labute approximate surface area is 89.3 Å². The van der Waals surface area contributed by atoms with Gasteiger partial charge in [0.2, 0.25) is 0 Å². The van der Waals surface area contributed by atoms with Crippen LogP contribution in [0.25, 0.3) is 0 Å². The average Bonchev–Trinajstić information content (AvgIpc) is 2.59. The molecule has 2 unspecified atom stereocenters. The van der Waals surface area contributed by atoms with E-state index in [4.69, 9.17) is 4.74 Å². The summed E-state index contributed by atoms with van der Waals surface area (Å²) >= 11 is 0. The van der Waals surface area contributed by atoms with Gasteiger partial charge < -0.3 is 14.9 Å². The lowest BCUT2D eigenvalue weighted by Gasteiger charge is -2.26. The monoisotopic (exact) mass is 208 g/mol. The maximum absolute atomic E-state index is 9.95. The van der Waals surface area contributed by atoms with Crippen molar-refractivity contribution in [2.75, 3.05) is 0 Å². The molecule has 0 radical (unpaired) electrons. The Morgan fingerprint density at radius 2 is 2.07 bits per heavy atom. The van der Waals surface area contributed by atoms with Crippen LogP contribution in [0, 0.1) is 0 Å². The van der Waals surface area contributed by atoms with Crippen LogP contribution in [0.3, 0.4) is 0 Å². The fourth-order valence-corrected chi connectivity index (χ4v) is 1.89. The molecule has 1 aromatic carbocycles. The van der Waals surface area contributed by atoms with Gasteiger partial charge in [0, 0.05) is 6.42 Å². The zero-order chi connectivity index (χ0) is 10.7. The van der Waals surface area contributed by atoms with Gasteiger partial charge in [-0.1, -0.05) is 30.3 Å². The van der Waals surface area contributed by atoms with Crippen molar-refractivity contribution in [1.29, 1.82) is 0 Å². The lowest BCUT2D eigenvalue weighted by atomic mass is 10.2. The van der Waals surface area contributed by atoms with Crippen molar-refractivity contribution in [1.82, 2.24) is 0 Å². The molecule has 1 aliphatic carbocycles. The van der Waals surface area contributed by atoms with Crippen LogP contribution in [0.15, 0.2) is 30.3 Å². The van der Waals surface area contributed by atoms with Gasteiger partial charge in [-0.25, -0.2) is 0 Å². The predicted molar refractivity (Wildman–Crippen MR) is 56.0 cm³/mol. The Kier molecular flexibility index (Phi) is 3.05. The largest absolute Gasteiger partial charge is 0.388 e. The van der Waals surface area contributed by atoms with Crippen LogP contribution in [0.4, 0.5) is 0 Å². The summed E-state index contributed by atoms with van der Waals surface area (Å²) in [5.74, 6) is -1.34. The number of hydrogen-bond donors (Lipinski definition) is 2. The predicted octanol–water partition coefficient (Wildman–Crippen LogP) is 1.44. The third-order valence-corrected chi connectivity index (χ3v) is 2.86. The summed E-state index contributed by atoms with van der Waals surface area (Å²) in [6.07, 6.45) is 1.19. The van der Waals surface area contributed by atoms with Crippen LogP contribution < -0.4 is 0 Å². The topological polar surface area (TPSA) is 49.7 Å². The van der Waals surface area contributed by atoms with Gasteiger partial charge in [-0.2, -0.15) is 0 Å². The van der Waals surface area contributed by atoms with Crippen molar-refractivity contribution in [3.8, 4) is 0 Å². The molecule has 3 heteroatoms. The van der Waals surface area contributed by atoms with E-state index in [9.17, 15) is 10.2 Å². The van der Waals surface area contributed by atoms with Crippen LogP contribution in [0.5, 0.6) is 0 Å². The van der Waals surface area contributed by atoms with Crippen molar-refractivity contribution >= 4 is 0 Å². The molecule has 2 atom stereocenters. The first-order chi connectivity index (χ1) is 7.21. The molecule has 0 amide bonds. The number of rotatable bonds is 3. The normalized spacial score (nSPS) is 30.7. The summed E-state index contributed by atoms with van der Waals surface area (Å²) in [6, 6.07) is 9.65. The highest BCUT2D eigenvalue weighted by atomic mass is 16.6. The maximum Gasteiger partial charge on any atom is 0.192 e. The molecule has 2 N–H and O–H groups in total. The SMILES string of the molecule is OC1CCCC1(O)OCc1ccccc1. The first-order valence-electron chi connectivity index (χ1n) is 5.29. The molecular formula is C12H16O3. The molecule has 0 aliphatic heterocycles. The van der Waals surface area contributed by atoms with Gasteiger partial charge in [-0.15, -0.1) is 0 Å². The molecule has 2 rings (SSSR count). The highest BCUT2D eigenvalue weighted by Crippen LogP contribution is 2.31. The Bertz CT molecular complexity index is 312. The second kappa shape index (κ2) is 4.31. The molecule has 0 bridgehead atoms. The van der Waals surface area contributed by atoms with Gasteiger partial charge in [0.25, 0.3) is 0 Å². The highest BCUT2D eigenvalue weighted by Gasteiger charge is 2.41. The molecule has 15 heavy (non-hydrogen) atoms. The highest BCUT2D eigenvalue weighted by molar-refractivity contribution is 5.13. The van der Waals surface area contributed by atoms with Crippen molar-refractivity contribution in [3.05, 3.63) is 35.9 Å². The van der Waals surface area contributed by atoms with Crippen LogP contribution in [-0.4, -0.2) is 22.1 Å². The smallest absolute Gasteiger partial charge is 0.192 e. The van der Waals surface area contributed by atoms with Crippen molar-refractivity contribution < 1.29 is 14.9 Å². The fraction of sp³-hybridized carbons (Fsp3) is 0.500. The summed E-state index contributed by atoms with van der Waals surface area (Å²) in [5, 5.41) is 19.5. The van der Waals surface area contributed by atoms with Gasteiger partial charge >= 0.3 is 0 Å². The molecular weight excluding hydrogens is 192 g/mol. The molecule has 3 nitrogen and oxygen atoms in total. The zero-order valence-corrected chi connectivity index (χ0v) is 8.60. The molecule has 1 saturated carbocycles. The number of hydrogen-bond acceptors (Lipinski definition) is 3. The molecule has 1 aliphatic rings. The van der Waals surface area contributed by atoms with E-state index in [1.807, 2.05) is 30.3 Å². The van der Waals surface area contributed by atoms with E-state index < -0.39 is 11.9 Å². The van der Waals surface area contributed by atoms with Crippen LogP contribution >= 0.6 is 0 Å². The maximum atomic E-state index is 9.95. The zero-order valence-electron chi connectivity index (χ0n) is 8.60. The van der Waals surface area contributed by atoms with E-state index in [-0.39, 0.29) is 0 Å². The second-order valence-electron chi connectivity index (χ2n) is 4.03. The molecule has 82 valence electrons. The summed E-state index contributed by atoms with van der Waals surface area (Å²) in [4.78, 5) is 0. The number of aliphatic hydroxyl groups excluding tert-OH is 1. The van der Waals surface area contributed by atoms with E-state index in [1.54, 1.807) is 0 Å². The third kappa shape index (κ3) is 2.37. The number of benzene rings is 1. The van der Waals surface area contributed by atoms with Crippen LogP contribution in [-0.2, 0) is 11.3 Å². The molecule has 0 spiro atoms. The minimum absolute atomic E-state index is 0.342. The molecule has 0 saturated heterocycles. The van der Waals surface area contributed by atoms with E-state index in [1.165, 1.54) is 0 Å². The minimum atomic E-state index is -1.34. The Morgan fingerprint density at radius 3 is 2.67 bits per heavy atom. The summed E-state index contributed by atoms with van der Waals surface area (Å²) in [6.45, 7) is 0.342. The Morgan fingerprint density at radius 1 is 1.33 bits per heavy atom. The standard InChI is InChI=1S/C12H16O3/c13-11-7-4-8-12(11,14)15-9-10-5-2-1-3-6-10/h1-3,5-6,11,13-14H,4,7-9H2. The summed E-state index contributed by atoms with van der Waals surface area (Å²) in [5.41, 5.74) is 1.00. The van der Waals surface area contributed by atoms with Crippen LogP contribution in [0.1, 0.15) is 24.8 Å². The quantitative estimate of drug-likeness (QED) is 0.739. The molecule has 0 aromatic heterocycles. The van der Waals surface area contributed by atoms with Gasteiger partial charge in [0.1, 0.15) is 6.10 Å². The van der Waals surface area contributed by atoms with E-state index in [0.717, 1.165) is 12.0 Å². The van der Waals surface area contributed by atoms with E-state index >= 15 is 0 Å². The van der Waals surface area contributed by atoms with Crippen LogP contribution in [0.2, 0.25) is 0 Å². The summed E-state index contributed by atoms with van der Waals surface area (Å²) < 4.78 is 5.39. The lowest BCUT2D eigenvalue weighted by molar-refractivity contribution is -0.248. The van der Waals surface area contributed by atoms with Gasteiger partial charge in [-0.3, -0.25) is 0 Å². The molecule has 1 fully saturated rings. The Hall–Kier alpha value is -0.900. The van der Waals surface area contributed by atoms with E-state index in [0.29, 0.717) is 19.4 Å². The summed E-state index contributed by atoms with van der Waals surface area (Å²) in [7, 11) is 0. The lowest BCUT2D eigenvalue weighted by Crippen LogP contribution is -2.40. The van der Waals surface area contributed by atoms with Gasteiger partial charge in [0.15, 0.2) is 5.79 Å². The van der Waals surface area contributed by atoms with Crippen molar-refractivity contribution in [2.24, 2.45) is 0 Å². The minimum Gasteiger partial charge on any atom is -0.388 e. The second-order valence-corrected chi connectivity index (χ2v) is 4.03. The number of ether oxygens (including phenoxy) is 1. The average molecular weight is 208 g/mol. The van der Waals surface area contributed by atoms with Gasteiger partial charge in [-0.05, 0) is 18.4 Å². The van der Waals surface area contributed by atoms with Gasteiger partial charge in [0.05, 0.1) is 6.61 Å². The molecule has 1 aromatic rings. The third-order valence-electron chi connectivity index (χ3n) is 2.86. The van der Waals surface area contributed by atoms with Crippen molar-refractivity contribution in [2.45, 2.75) is 37.8 Å². The van der Waals surface area contributed by atoms with Crippen molar-refractivity contribution in [3.63, 3.8) is 0 Å². The number of aliphatic hydroxyl groups is 2. The van der Waals surface area contributed by atoms with E-state index in [2.05, 4.69) is 0 Å². The first kappa shape index (κ1) is 10.6.